The Bertz CT molecular complexity index is 965. The number of hydrogen-bond acceptors (Lipinski definition) is 5. The second-order valence-electron chi connectivity index (χ2n) is 6.74. The van der Waals surface area contributed by atoms with E-state index in [1.165, 1.54) is 12.8 Å². The predicted molar refractivity (Wildman–Crippen MR) is 106 cm³/mol. The molecule has 0 aliphatic carbocycles. The summed E-state index contributed by atoms with van der Waals surface area (Å²) in [6, 6.07) is 11.4. The third kappa shape index (κ3) is 3.88. The van der Waals surface area contributed by atoms with Gasteiger partial charge in [0.1, 0.15) is 17.1 Å². The molecule has 2 aromatic heterocycles. The Morgan fingerprint density at radius 2 is 2.00 bits per heavy atom. The first kappa shape index (κ1) is 18.2. The Morgan fingerprint density at radius 3 is 2.79 bits per heavy atom. The second-order valence-corrected chi connectivity index (χ2v) is 6.74. The average molecular weight is 377 g/mol. The van der Waals surface area contributed by atoms with Crippen LogP contribution >= 0.6 is 0 Å². The van der Waals surface area contributed by atoms with Crippen molar-refractivity contribution in [2.24, 2.45) is 0 Å². The number of rotatable bonds is 7. The summed E-state index contributed by atoms with van der Waals surface area (Å²) in [6.45, 7) is 4.17. The number of benzene rings is 1. The lowest BCUT2D eigenvalue weighted by molar-refractivity contribution is 0.0924. The van der Waals surface area contributed by atoms with Crippen LogP contribution in [-0.2, 0) is 6.54 Å². The highest BCUT2D eigenvalue weighted by molar-refractivity contribution is 5.94. The molecule has 144 valence electrons. The first-order chi connectivity index (χ1) is 13.7. The lowest BCUT2D eigenvalue weighted by Gasteiger charge is -2.13. The molecule has 4 rings (SSSR count). The van der Waals surface area contributed by atoms with E-state index in [-0.39, 0.29) is 5.91 Å². The Morgan fingerprint density at radius 1 is 1.14 bits per heavy atom. The minimum absolute atomic E-state index is 0.103. The molecule has 1 N–H and O–H groups in total. The van der Waals surface area contributed by atoms with E-state index in [0.717, 1.165) is 24.3 Å². The highest BCUT2D eigenvalue weighted by Crippen LogP contribution is 2.23. The van der Waals surface area contributed by atoms with Crippen molar-refractivity contribution in [3.8, 4) is 28.5 Å². The highest BCUT2D eigenvalue weighted by atomic mass is 16.5. The second kappa shape index (κ2) is 8.21. The number of amides is 1. The van der Waals surface area contributed by atoms with Crippen molar-refractivity contribution in [1.82, 2.24) is 25.1 Å². The molecule has 1 aliphatic heterocycles. The average Bonchev–Trinajstić information content (AvgIpc) is 3.18. The molecule has 0 radical (unpaired) electrons. The normalized spacial score (nSPS) is 13.1. The molecule has 1 amide bonds. The van der Waals surface area contributed by atoms with Crippen LogP contribution in [0.3, 0.4) is 0 Å². The fourth-order valence-electron chi connectivity index (χ4n) is 3.14. The SMILES string of the molecule is CCCCCOc1ccc(-c2nccc(-c3cc4n(n3)CCNC4=O)n2)cc1. The Hall–Kier alpha value is -3.22. The maximum absolute atomic E-state index is 11.9. The lowest BCUT2D eigenvalue weighted by Crippen LogP contribution is -2.35. The summed E-state index contributed by atoms with van der Waals surface area (Å²) in [6.07, 6.45) is 5.14. The van der Waals surface area contributed by atoms with Gasteiger partial charge in [0.05, 0.1) is 18.8 Å². The molecule has 0 bridgehead atoms. The van der Waals surface area contributed by atoms with Crippen LogP contribution in [0.2, 0.25) is 0 Å². The zero-order chi connectivity index (χ0) is 19.3. The summed E-state index contributed by atoms with van der Waals surface area (Å²) in [4.78, 5) is 21.0. The predicted octanol–water partition coefficient (Wildman–Crippen LogP) is 3.32. The minimum Gasteiger partial charge on any atom is -0.494 e. The van der Waals surface area contributed by atoms with Gasteiger partial charge in [-0.25, -0.2) is 9.97 Å². The van der Waals surface area contributed by atoms with Crippen LogP contribution < -0.4 is 10.1 Å². The standard InChI is InChI=1S/C21H23N5O2/c1-2-3-4-13-28-16-7-5-15(6-8-16)20-22-10-9-17(24-20)18-14-19-21(27)23-11-12-26(19)25-18/h5-10,14H,2-4,11-13H2,1H3,(H,23,27). The van der Waals surface area contributed by atoms with Gasteiger partial charge < -0.3 is 10.1 Å². The molecular weight excluding hydrogens is 354 g/mol. The molecule has 28 heavy (non-hydrogen) atoms. The molecule has 0 fully saturated rings. The van der Waals surface area contributed by atoms with Gasteiger partial charge in [-0.15, -0.1) is 0 Å². The van der Waals surface area contributed by atoms with Gasteiger partial charge in [-0.2, -0.15) is 5.10 Å². The maximum Gasteiger partial charge on any atom is 0.269 e. The monoisotopic (exact) mass is 377 g/mol. The first-order valence-electron chi connectivity index (χ1n) is 9.67. The third-order valence-electron chi connectivity index (χ3n) is 4.67. The van der Waals surface area contributed by atoms with Crippen molar-refractivity contribution in [2.45, 2.75) is 32.7 Å². The van der Waals surface area contributed by atoms with E-state index in [4.69, 9.17) is 4.74 Å². The highest BCUT2D eigenvalue weighted by Gasteiger charge is 2.20. The van der Waals surface area contributed by atoms with Crippen LogP contribution in [0.4, 0.5) is 0 Å². The zero-order valence-corrected chi connectivity index (χ0v) is 15.9. The molecule has 7 nitrogen and oxygen atoms in total. The topological polar surface area (TPSA) is 81.9 Å². The summed E-state index contributed by atoms with van der Waals surface area (Å²) in [5, 5.41) is 7.34. The van der Waals surface area contributed by atoms with Crippen molar-refractivity contribution in [2.75, 3.05) is 13.2 Å². The smallest absolute Gasteiger partial charge is 0.269 e. The summed E-state index contributed by atoms with van der Waals surface area (Å²) >= 11 is 0. The molecule has 7 heteroatoms. The maximum atomic E-state index is 11.9. The Balaban J connectivity index is 1.52. The van der Waals surface area contributed by atoms with E-state index in [1.54, 1.807) is 23.0 Å². The molecule has 0 saturated heterocycles. The van der Waals surface area contributed by atoms with Gasteiger partial charge in [0.15, 0.2) is 5.82 Å². The third-order valence-corrected chi connectivity index (χ3v) is 4.67. The molecule has 0 atom stereocenters. The van der Waals surface area contributed by atoms with Gasteiger partial charge in [-0.05, 0) is 42.8 Å². The van der Waals surface area contributed by atoms with E-state index >= 15 is 0 Å². The first-order valence-corrected chi connectivity index (χ1v) is 9.67. The molecule has 3 heterocycles. The van der Waals surface area contributed by atoms with Gasteiger partial charge in [0.25, 0.3) is 5.91 Å². The number of unbranched alkanes of at least 4 members (excludes halogenated alkanes) is 2. The molecule has 1 aliphatic rings. The fourth-order valence-corrected chi connectivity index (χ4v) is 3.14. The molecule has 1 aromatic carbocycles. The number of carbonyl (C=O) groups excluding carboxylic acids is 1. The number of ether oxygens (including phenoxy) is 1. The van der Waals surface area contributed by atoms with Crippen molar-refractivity contribution >= 4 is 5.91 Å². The zero-order valence-electron chi connectivity index (χ0n) is 15.9. The largest absolute Gasteiger partial charge is 0.494 e. The minimum atomic E-state index is -0.103. The number of nitrogens with zero attached hydrogens (tertiary/aromatic N) is 4. The van der Waals surface area contributed by atoms with Crippen molar-refractivity contribution < 1.29 is 9.53 Å². The van der Waals surface area contributed by atoms with Crippen LogP contribution in [0.5, 0.6) is 5.75 Å². The van der Waals surface area contributed by atoms with Crippen LogP contribution in [-0.4, -0.2) is 38.8 Å². The number of carbonyl (C=O) groups is 1. The molecule has 3 aromatic rings. The summed E-state index contributed by atoms with van der Waals surface area (Å²) < 4.78 is 7.48. The fraction of sp³-hybridized carbons (Fsp3) is 0.333. The molecule has 0 unspecified atom stereocenters. The van der Waals surface area contributed by atoms with Gasteiger partial charge >= 0.3 is 0 Å². The van der Waals surface area contributed by atoms with Crippen LogP contribution in [0.15, 0.2) is 42.6 Å². The van der Waals surface area contributed by atoms with E-state index in [2.05, 4.69) is 27.3 Å². The van der Waals surface area contributed by atoms with E-state index in [0.29, 0.717) is 36.0 Å². The van der Waals surface area contributed by atoms with Gasteiger partial charge in [-0.1, -0.05) is 19.8 Å². The molecule has 0 spiro atoms. The van der Waals surface area contributed by atoms with Crippen molar-refractivity contribution in [3.05, 3.63) is 48.3 Å². The summed E-state index contributed by atoms with van der Waals surface area (Å²) in [5.41, 5.74) is 2.83. The van der Waals surface area contributed by atoms with Gasteiger partial charge in [0.2, 0.25) is 0 Å². The molecule has 0 saturated carbocycles. The van der Waals surface area contributed by atoms with E-state index in [1.807, 2.05) is 24.3 Å². The van der Waals surface area contributed by atoms with Crippen LogP contribution in [0.1, 0.15) is 36.7 Å². The molecular formula is C21H23N5O2. The van der Waals surface area contributed by atoms with Crippen LogP contribution in [0.25, 0.3) is 22.8 Å². The van der Waals surface area contributed by atoms with Crippen molar-refractivity contribution in [1.29, 1.82) is 0 Å². The van der Waals surface area contributed by atoms with Crippen molar-refractivity contribution in [3.63, 3.8) is 0 Å². The summed E-state index contributed by atoms with van der Waals surface area (Å²) in [5.74, 6) is 1.36. The van der Waals surface area contributed by atoms with E-state index < -0.39 is 0 Å². The number of hydrogen-bond donors (Lipinski definition) is 1. The quantitative estimate of drug-likeness (QED) is 0.639. The summed E-state index contributed by atoms with van der Waals surface area (Å²) in [7, 11) is 0. The van der Waals surface area contributed by atoms with E-state index in [9.17, 15) is 4.79 Å². The lowest BCUT2D eigenvalue weighted by atomic mass is 10.2. The number of nitrogens with one attached hydrogen (secondary N) is 1. The Labute approximate surface area is 163 Å². The van der Waals surface area contributed by atoms with Gasteiger partial charge in [0, 0.05) is 18.3 Å². The van der Waals surface area contributed by atoms with Crippen LogP contribution in [0, 0.1) is 0 Å². The Kier molecular flexibility index (Phi) is 5.32. The van der Waals surface area contributed by atoms with Gasteiger partial charge in [-0.3, -0.25) is 9.48 Å². The number of aromatic nitrogens is 4. The number of fused-ring (bicyclic) bond motifs is 1.